The number of carbonyl (C=O) groups is 2. The zero-order valence-electron chi connectivity index (χ0n) is 16.7. The van der Waals surface area contributed by atoms with Crippen molar-refractivity contribution < 1.29 is 9.59 Å². The number of amides is 2. The van der Waals surface area contributed by atoms with Gasteiger partial charge in [-0.25, -0.2) is 0 Å². The zero-order chi connectivity index (χ0) is 21.3. The van der Waals surface area contributed by atoms with Gasteiger partial charge in [0.1, 0.15) is 0 Å². The molecule has 2 N–H and O–H groups in total. The highest BCUT2D eigenvalue weighted by molar-refractivity contribution is 7.80. The van der Waals surface area contributed by atoms with Crippen molar-refractivity contribution >= 4 is 34.8 Å². The number of nitrogens with zero attached hydrogens (tertiary/aromatic N) is 1. The van der Waals surface area contributed by atoms with Gasteiger partial charge in [-0.1, -0.05) is 72.8 Å². The summed E-state index contributed by atoms with van der Waals surface area (Å²) in [6, 6.07) is 26.3. The van der Waals surface area contributed by atoms with Crippen LogP contribution in [-0.4, -0.2) is 28.9 Å². The van der Waals surface area contributed by atoms with Gasteiger partial charge in [0.15, 0.2) is 5.11 Å². The first-order chi connectivity index (χ1) is 14.5. The first-order valence-corrected chi connectivity index (χ1v) is 9.97. The largest absolute Gasteiger partial charge is 0.337 e. The Labute approximate surface area is 181 Å². The summed E-state index contributed by atoms with van der Waals surface area (Å²) in [6.07, 6.45) is 0.225. The Bertz CT molecular complexity index is 1020. The minimum Gasteiger partial charge on any atom is -0.337 e. The summed E-state index contributed by atoms with van der Waals surface area (Å²) in [4.78, 5) is 26.8. The molecule has 3 rings (SSSR count). The van der Waals surface area contributed by atoms with E-state index in [2.05, 4.69) is 10.6 Å². The van der Waals surface area contributed by atoms with E-state index in [0.29, 0.717) is 17.8 Å². The van der Waals surface area contributed by atoms with E-state index in [1.807, 2.05) is 66.7 Å². The van der Waals surface area contributed by atoms with Crippen LogP contribution in [0.3, 0.4) is 0 Å². The molecule has 0 aliphatic carbocycles. The van der Waals surface area contributed by atoms with Crippen molar-refractivity contribution in [3.05, 3.63) is 102 Å². The Balaban J connectivity index is 1.63. The maximum Gasteiger partial charge on any atom is 0.256 e. The molecule has 0 fully saturated rings. The first kappa shape index (κ1) is 21.2. The normalized spacial score (nSPS) is 10.2. The first-order valence-electron chi connectivity index (χ1n) is 9.56. The van der Waals surface area contributed by atoms with E-state index >= 15 is 0 Å². The van der Waals surface area contributed by atoms with Gasteiger partial charge in [0.05, 0.1) is 17.7 Å². The van der Waals surface area contributed by atoms with Crippen LogP contribution < -0.4 is 10.6 Å². The highest BCUT2D eigenvalue weighted by Gasteiger charge is 2.17. The number of hydrogen-bond acceptors (Lipinski definition) is 3. The number of nitrogens with one attached hydrogen (secondary N) is 2. The maximum atomic E-state index is 13.0. The monoisotopic (exact) mass is 417 g/mol. The fourth-order valence-electron chi connectivity index (χ4n) is 3.02. The van der Waals surface area contributed by atoms with Gasteiger partial charge >= 0.3 is 0 Å². The highest BCUT2D eigenvalue weighted by Crippen LogP contribution is 2.18. The highest BCUT2D eigenvalue weighted by atomic mass is 32.1. The van der Waals surface area contributed by atoms with Crippen molar-refractivity contribution in [3.8, 4) is 0 Å². The molecule has 0 saturated carbocycles. The molecule has 0 aliphatic heterocycles. The lowest BCUT2D eigenvalue weighted by molar-refractivity contribution is -0.119. The van der Waals surface area contributed by atoms with Crippen LogP contribution in [0.15, 0.2) is 84.9 Å². The van der Waals surface area contributed by atoms with E-state index in [9.17, 15) is 9.59 Å². The van der Waals surface area contributed by atoms with Gasteiger partial charge in [-0.2, -0.15) is 0 Å². The van der Waals surface area contributed by atoms with E-state index in [1.165, 1.54) is 0 Å². The minimum absolute atomic E-state index is 0.139. The van der Waals surface area contributed by atoms with Crippen LogP contribution >= 0.6 is 12.2 Å². The van der Waals surface area contributed by atoms with Gasteiger partial charge in [0.2, 0.25) is 5.91 Å². The van der Waals surface area contributed by atoms with Crippen LogP contribution in [0.25, 0.3) is 0 Å². The number of anilines is 1. The molecule has 152 valence electrons. The Kier molecular flexibility index (Phi) is 7.29. The molecule has 0 aromatic heterocycles. The molecule has 0 saturated heterocycles. The molecule has 6 heteroatoms. The third-order valence-corrected chi connectivity index (χ3v) is 4.68. The molecule has 2 amide bonds. The summed E-state index contributed by atoms with van der Waals surface area (Å²) >= 11 is 5.28. The Hall–Kier alpha value is -3.51. The summed E-state index contributed by atoms with van der Waals surface area (Å²) in [5.74, 6) is -0.357. The average Bonchev–Trinajstić information content (AvgIpc) is 2.75. The fraction of sp³-hybridized carbons (Fsp3) is 0.125. The summed E-state index contributed by atoms with van der Waals surface area (Å²) in [5.41, 5.74) is 2.97. The minimum atomic E-state index is -0.219. The van der Waals surface area contributed by atoms with Crippen molar-refractivity contribution in [2.75, 3.05) is 12.4 Å². The molecule has 3 aromatic carbocycles. The molecule has 5 nitrogen and oxygen atoms in total. The molecule has 30 heavy (non-hydrogen) atoms. The van der Waals surface area contributed by atoms with Crippen molar-refractivity contribution in [2.45, 2.75) is 13.0 Å². The quantitative estimate of drug-likeness (QED) is 0.595. The van der Waals surface area contributed by atoms with E-state index in [1.54, 1.807) is 30.1 Å². The van der Waals surface area contributed by atoms with E-state index in [0.717, 1.165) is 11.1 Å². The summed E-state index contributed by atoms with van der Waals surface area (Å²) < 4.78 is 0. The van der Waals surface area contributed by atoms with E-state index in [4.69, 9.17) is 12.2 Å². The van der Waals surface area contributed by atoms with Gasteiger partial charge in [0, 0.05) is 13.6 Å². The van der Waals surface area contributed by atoms with Crippen LogP contribution in [0, 0.1) is 0 Å². The standard InChI is InChI=1S/C24H23N3O2S/c1-27(17-19-12-6-3-7-13-19)23(29)20-14-8-9-15-21(20)25-24(30)26-22(28)16-18-10-4-2-5-11-18/h2-15H,16-17H2,1H3,(H2,25,26,28,30). The lowest BCUT2D eigenvalue weighted by Gasteiger charge is -2.20. The second kappa shape index (κ2) is 10.3. The number of rotatable bonds is 6. The molecule has 3 aromatic rings. The maximum absolute atomic E-state index is 13.0. The van der Waals surface area contributed by atoms with Crippen molar-refractivity contribution in [1.29, 1.82) is 0 Å². The average molecular weight is 418 g/mol. The van der Waals surface area contributed by atoms with E-state index in [-0.39, 0.29) is 23.3 Å². The zero-order valence-corrected chi connectivity index (χ0v) is 17.5. The van der Waals surface area contributed by atoms with Gasteiger partial charge in [-0.3, -0.25) is 9.59 Å². The summed E-state index contributed by atoms with van der Waals surface area (Å²) in [6.45, 7) is 0.492. The molecule has 0 radical (unpaired) electrons. The molecule has 0 aliphatic rings. The van der Waals surface area contributed by atoms with Crippen molar-refractivity contribution in [1.82, 2.24) is 10.2 Å². The second-order valence-electron chi connectivity index (χ2n) is 6.86. The lowest BCUT2D eigenvalue weighted by atomic mass is 10.1. The van der Waals surface area contributed by atoms with Gasteiger partial charge < -0.3 is 15.5 Å². The molecule has 0 unspecified atom stereocenters. The Morgan fingerprint density at radius 1 is 0.833 bits per heavy atom. The van der Waals surface area contributed by atoms with Crippen LogP contribution in [0.5, 0.6) is 0 Å². The number of hydrogen-bond donors (Lipinski definition) is 2. The van der Waals surface area contributed by atoms with Crippen molar-refractivity contribution in [2.24, 2.45) is 0 Å². The fourth-order valence-corrected chi connectivity index (χ4v) is 3.24. The predicted molar refractivity (Wildman–Crippen MR) is 123 cm³/mol. The molecule has 0 spiro atoms. The summed E-state index contributed by atoms with van der Waals surface area (Å²) in [7, 11) is 1.76. The second-order valence-corrected chi connectivity index (χ2v) is 7.27. The van der Waals surface area contributed by atoms with Crippen LogP contribution in [0.1, 0.15) is 21.5 Å². The number of para-hydroxylation sites is 1. The van der Waals surface area contributed by atoms with Gasteiger partial charge in [-0.15, -0.1) is 0 Å². The van der Waals surface area contributed by atoms with Crippen LogP contribution in [-0.2, 0) is 17.8 Å². The number of benzene rings is 3. The third-order valence-electron chi connectivity index (χ3n) is 4.48. The summed E-state index contributed by atoms with van der Waals surface area (Å²) in [5, 5.41) is 5.80. The van der Waals surface area contributed by atoms with Crippen LogP contribution in [0.2, 0.25) is 0 Å². The Morgan fingerprint density at radius 2 is 1.40 bits per heavy atom. The van der Waals surface area contributed by atoms with Crippen molar-refractivity contribution in [3.63, 3.8) is 0 Å². The topological polar surface area (TPSA) is 61.4 Å². The molecule has 0 bridgehead atoms. The molecule has 0 heterocycles. The molecular weight excluding hydrogens is 394 g/mol. The lowest BCUT2D eigenvalue weighted by Crippen LogP contribution is -2.36. The molecular formula is C24H23N3O2S. The number of carbonyl (C=O) groups excluding carboxylic acids is 2. The SMILES string of the molecule is CN(Cc1ccccc1)C(=O)c1ccccc1NC(=S)NC(=O)Cc1ccccc1. The van der Waals surface area contributed by atoms with Crippen LogP contribution in [0.4, 0.5) is 5.69 Å². The number of thiocarbonyl (C=S) groups is 1. The van der Waals surface area contributed by atoms with Gasteiger partial charge in [-0.05, 0) is 35.5 Å². The third kappa shape index (κ3) is 5.99. The molecule has 0 atom stereocenters. The predicted octanol–water partition coefficient (Wildman–Crippen LogP) is 4.01. The Morgan fingerprint density at radius 3 is 2.07 bits per heavy atom. The van der Waals surface area contributed by atoms with E-state index < -0.39 is 0 Å². The smallest absolute Gasteiger partial charge is 0.256 e. The van der Waals surface area contributed by atoms with Gasteiger partial charge in [0.25, 0.3) is 5.91 Å².